The Morgan fingerprint density at radius 2 is 0.875 bits per heavy atom. The molecule has 5 aromatic carbocycles. The van der Waals surface area contributed by atoms with Gasteiger partial charge in [0.15, 0.2) is 0 Å². The number of allylic oxidation sites excluding steroid dienone is 4. The van der Waals surface area contributed by atoms with Crippen LogP contribution in [0.1, 0.15) is 182 Å². The first-order chi connectivity index (χ1) is 32.3. The van der Waals surface area contributed by atoms with Gasteiger partial charge in [0.25, 0.3) is 0 Å². The monoisotopic (exact) mass is 1050 g/mol. The molecule has 2 aliphatic rings. The Labute approximate surface area is 456 Å². The topological polar surface area (TPSA) is 36.9 Å². The Kier molecular flexibility index (Phi) is 17.5. The third kappa shape index (κ3) is 13.3. The van der Waals surface area contributed by atoms with Crippen LogP contribution >= 0.6 is 0 Å². The first-order valence-electron chi connectivity index (χ1n) is 26.0. The molecule has 0 aromatic heterocycles. The van der Waals surface area contributed by atoms with Gasteiger partial charge in [0.2, 0.25) is 6.79 Å². The molecule has 1 aliphatic carbocycles. The van der Waals surface area contributed by atoms with Crippen LogP contribution in [0.5, 0.6) is 23.0 Å². The minimum Gasteiger partial charge on any atom is -0.493 e. The van der Waals surface area contributed by atoms with Crippen molar-refractivity contribution >= 4 is 0 Å². The van der Waals surface area contributed by atoms with Gasteiger partial charge in [0.1, 0.15) is 23.0 Å². The van der Waals surface area contributed by atoms with Crippen molar-refractivity contribution in [2.24, 2.45) is 10.8 Å². The molecule has 0 N–H and O–H groups in total. The SMILES string of the molecule is Cc1cc(-c2cc(C(C)(C)C)cc(C(C)(C)C)c2)c2c(c1)-c1cc(C(C)(C)C)ccc1OCCCOc1ccc(C(C)(C)C)cc1-c1cc(C)cc(C3C=C(C(C)(C)C)C=C(C(C)(C)C)C3)c1OCO2.[CH3-].[Zr]. The molecule has 0 radical (unpaired) electrons. The zero-order chi connectivity index (χ0) is 51.5. The summed E-state index contributed by atoms with van der Waals surface area (Å²) in [6.07, 6.45) is 6.57. The maximum Gasteiger partial charge on any atom is 0.230 e. The predicted octanol–water partition coefficient (Wildman–Crippen LogP) is 19.0. The molecular weight excluding hydrogens is 960 g/mol. The zero-order valence-corrected chi connectivity index (χ0v) is 50.9. The van der Waals surface area contributed by atoms with E-state index in [2.05, 4.69) is 229 Å². The molecule has 7 rings (SSSR count). The average molecular weight is 1050 g/mol. The van der Waals surface area contributed by atoms with Crippen LogP contribution < -0.4 is 18.9 Å². The number of hydrogen-bond acceptors (Lipinski definition) is 4. The van der Waals surface area contributed by atoms with E-state index >= 15 is 0 Å². The summed E-state index contributed by atoms with van der Waals surface area (Å²) < 4.78 is 28.4. The largest absolute Gasteiger partial charge is 0.493 e. The van der Waals surface area contributed by atoms with Gasteiger partial charge in [-0.3, -0.25) is 0 Å². The fourth-order valence-corrected chi connectivity index (χ4v) is 9.66. The molecule has 0 bridgehead atoms. The van der Waals surface area contributed by atoms with Crippen molar-refractivity contribution in [1.82, 2.24) is 0 Å². The summed E-state index contributed by atoms with van der Waals surface area (Å²) >= 11 is 0. The van der Waals surface area contributed by atoms with Gasteiger partial charge in [-0.05, 0) is 140 Å². The molecule has 0 fully saturated rings. The summed E-state index contributed by atoms with van der Waals surface area (Å²) in [5.41, 5.74) is 17.1. The molecule has 4 nitrogen and oxygen atoms in total. The molecule has 1 atom stereocenters. The first-order valence-corrected chi connectivity index (χ1v) is 26.0. The van der Waals surface area contributed by atoms with Gasteiger partial charge in [0, 0.05) is 71.9 Å². The molecule has 72 heavy (non-hydrogen) atoms. The Bertz CT molecular complexity index is 2780. The summed E-state index contributed by atoms with van der Waals surface area (Å²) in [7, 11) is 0. The maximum atomic E-state index is 7.39. The van der Waals surface area contributed by atoms with E-state index in [0.29, 0.717) is 19.6 Å². The van der Waals surface area contributed by atoms with E-state index in [9.17, 15) is 0 Å². The van der Waals surface area contributed by atoms with Crippen molar-refractivity contribution in [2.45, 2.75) is 179 Å². The number of hydrogen-bond donors (Lipinski definition) is 0. The van der Waals surface area contributed by atoms with E-state index in [1.807, 2.05) is 0 Å². The second-order valence-corrected chi connectivity index (χ2v) is 26.7. The number of benzene rings is 5. The van der Waals surface area contributed by atoms with Crippen molar-refractivity contribution in [2.75, 3.05) is 20.0 Å². The third-order valence-corrected chi connectivity index (χ3v) is 14.3. The first kappa shape index (κ1) is 58.6. The fraction of sp³-hybridized carbons (Fsp3) is 0.478. The average Bonchev–Trinajstić information content (AvgIpc) is 3.24. The van der Waals surface area contributed by atoms with Crippen LogP contribution in [-0.2, 0) is 47.9 Å². The Morgan fingerprint density at radius 3 is 1.33 bits per heavy atom. The van der Waals surface area contributed by atoms with Crippen molar-refractivity contribution < 1.29 is 45.2 Å². The smallest absolute Gasteiger partial charge is 0.230 e. The van der Waals surface area contributed by atoms with E-state index in [4.69, 9.17) is 18.9 Å². The molecule has 0 saturated carbocycles. The number of ether oxygens (including phenoxy) is 4. The normalized spacial score (nSPS) is 16.0. The Hall–Kier alpha value is -4.34. The molecule has 1 unspecified atom stereocenters. The van der Waals surface area contributed by atoms with Crippen molar-refractivity contribution in [3.05, 3.63) is 149 Å². The molecule has 5 heteroatoms. The summed E-state index contributed by atoms with van der Waals surface area (Å²) in [5, 5.41) is 0. The second kappa shape index (κ2) is 21.5. The molecule has 1 heterocycles. The Balaban J connectivity index is 0.00000481. The van der Waals surface area contributed by atoms with Crippen molar-refractivity contribution in [3.63, 3.8) is 0 Å². The van der Waals surface area contributed by atoms with Gasteiger partial charge < -0.3 is 26.4 Å². The third-order valence-electron chi connectivity index (χ3n) is 14.3. The standard InChI is InChI=1S/C66H86O4.CH3.Zr/c1-41-28-51(43-32-47(63(9,10)11)36-48(33-43)64(12,13)14)59-55(30-41)53-38-45(61(3,4)5)22-24-57(53)67-26-21-27-68-58-25-23-46(62(6,7)8)39-54(58)56-31-42(2)29-52(60(56)70-40-69-59)44-34-49(65(15,16)17)37-50(35-44)66(18,19)20;;/h22-25,28-34,36-39,44H,21,26-27,35,40H2,1-20H3;1H3;/q;-1;. The van der Waals surface area contributed by atoms with Crippen LogP contribution in [-0.4, -0.2) is 20.0 Å². The quantitative estimate of drug-likeness (QED) is 0.165. The van der Waals surface area contributed by atoms with Crippen LogP contribution in [0.2, 0.25) is 0 Å². The summed E-state index contributed by atoms with van der Waals surface area (Å²) in [5.74, 6) is 3.33. The van der Waals surface area contributed by atoms with Crippen LogP contribution in [0.3, 0.4) is 0 Å². The molecule has 5 aromatic rings. The predicted molar refractivity (Wildman–Crippen MR) is 304 cm³/mol. The van der Waals surface area contributed by atoms with E-state index < -0.39 is 0 Å². The van der Waals surface area contributed by atoms with Crippen LogP contribution in [0.25, 0.3) is 33.4 Å². The fourth-order valence-electron chi connectivity index (χ4n) is 9.66. The zero-order valence-electron chi connectivity index (χ0n) is 48.4. The van der Waals surface area contributed by atoms with Crippen LogP contribution in [0.4, 0.5) is 0 Å². The molecular formula is C67H89O4Zr-. The van der Waals surface area contributed by atoms with Gasteiger partial charge in [-0.15, -0.1) is 0 Å². The number of fused-ring (bicyclic) bond motifs is 6. The van der Waals surface area contributed by atoms with E-state index in [0.717, 1.165) is 73.9 Å². The molecule has 0 spiro atoms. The van der Waals surface area contributed by atoms with Crippen LogP contribution in [0, 0.1) is 32.1 Å². The van der Waals surface area contributed by atoms with Gasteiger partial charge >= 0.3 is 0 Å². The van der Waals surface area contributed by atoms with Gasteiger partial charge in [-0.2, -0.15) is 0 Å². The minimum atomic E-state index is -0.0987. The second-order valence-electron chi connectivity index (χ2n) is 26.7. The minimum absolute atomic E-state index is 0. The van der Waals surface area contributed by atoms with Crippen molar-refractivity contribution in [1.29, 1.82) is 0 Å². The molecule has 0 amide bonds. The van der Waals surface area contributed by atoms with Gasteiger partial charge in [0.05, 0.1) is 13.2 Å². The number of aryl methyl sites for hydroxylation is 2. The molecule has 386 valence electrons. The van der Waals surface area contributed by atoms with Gasteiger partial charge in [-0.25, -0.2) is 0 Å². The van der Waals surface area contributed by atoms with E-state index in [1.165, 1.54) is 39.0 Å². The summed E-state index contributed by atoms with van der Waals surface area (Å²) in [6.45, 7) is 46.9. The maximum absolute atomic E-state index is 7.39. The molecule has 0 saturated heterocycles. The van der Waals surface area contributed by atoms with Gasteiger partial charge in [-0.1, -0.05) is 179 Å². The summed E-state index contributed by atoms with van der Waals surface area (Å²) in [4.78, 5) is 0. The molecule has 1 aliphatic heterocycles. The number of rotatable bonds is 2. The summed E-state index contributed by atoms with van der Waals surface area (Å²) in [6, 6.07) is 29.7. The van der Waals surface area contributed by atoms with E-state index in [1.54, 1.807) is 0 Å². The Morgan fingerprint density at radius 1 is 0.431 bits per heavy atom. The van der Waals surface area contributed by atoms with E-state index in [-0.39, 0.29) is 78.8 Å². The van der Waals surface area contributed by atoms with Crippen LogP contribution in [0.15, 0.2) is 102 Å². The van der Waals surface area contributed by atoms with Crippen molar-refractivity contribution in [3.8, 4) is 56.4 Å².